The van der Waals surface area contributed by atoms with Crippen LogP contribution in [0.2, 0.25) is 0 Å². The summed E-state index contributed by atoms with van der Waals surface area (Å²) >= 11 is 0. The molecule has 1 aromatic rings. The highest BCUT2D eigenvalue weighted by molar-refractivity contribution is 5.97. The second-order valence-corrected chi connectivity index (χ2v) is 4.90. The van der Waals surface area contributed by atoms with Crippen LogP contribution in [0.5, 0.6) is 0 Å². The number of anilines is 1. The Morgan fingerprint density at radius 3 is 3.05 bits per heavy atom. The number of nitrogens with one attached hydrogen (secondary N) is 2. The molecule has 1 heterocycles. The fourth-order valence-corrected chi connectivity index (χ4v) is 2.43. The number of fused-ring (bicyclic) bond motifs is 1. The zero-order valence-electron chi connectivity index (χ0n) is 11.2. The van der Waals surface area contributed by atoms with Crippen LogP contribution in [0.15, 0.2) is 18.2 Å². The zero-order valence-corrected chi connectivity index (χ0v) is 11.2. The lowest BCUT2D eigenvalue weighted by atomic mass is 9.97. The van der Waals surface area contributed by atoms with Crippen LogP contribution in [0.3, 0.4) is 0 Å². The normalized spacial score (nSPS) is 13.5. The van der Waals surface area contributed by atoms with E-state index in [0.29, 0.717) is 6.54 Å². The molecule has 4 nitrogen and oxygen atoms in total. The van der Waals surface area contributed by atoms with Gasteiger partial charge in [-0.1, -0.05) is 6.07 Å². The molecule has 3 N–H and O–H groups in total. The average molecular weight is 262 g/mol. The Bertz CT molecular complexity index is 432. The number of aliphatic hydroxyl groups excluding tert-OH is 1. The van der Waals surface area contributed by atoms with Crippen molar-refractivity contribution in [3.63, 3.8) is 0 Å². The van der Waals surface area contributed by atoms with E-state index in [9.17, 15) is 4.79 Å². The zero-order chi connectivity index (χ0) is 13.5. The van der Waals surface area contributed by atoms with Gasteiger partial charge in [0.1, 0.15) is 0 Å². The number of hydrogen-bond acceptors (Lipinski definition) is 3. The lowest BCUT2D eigenvalue weighted by Gasteiger charge is -2.20. The van der Waals surface area contributed by atoms with Crippen molar-refractivity contribution >= 4 is 11.6 Å². The van der Waals surface area contributed by atoms with Crippen molar-refractivity contribution in [2.24, 2.45) is 0 Å². The van der Waals surface area contributed by atoms with E-state index in [0.717, 1.165) is 55.5 Å². The fourth-order valence-electron chi connectivity index (χ4n) is 2.43. The molecule has 1 aliphatic rings. The second kappa shape index (κ2) is 7.14. The molecular weight excluding hydrogens is 240 g/mol. The molecule has 0 aliphatic carbocycles. The number of carbonyl (C=O) groups excluding carboxylic acids is 1. The number of carbonyl (C=O) groups is 1. The van der Waals surface area contributed by atoms with Crippen LogP contribution in [0, 0.1) is 0 Å². The van der Waals surface area contributed by atoms with Gasteiger partial charge in [-0.25, -0.2) is 0 Å². The molecule has 19 heavy (non-hydrogen) atoms. The number of rotatable bonds is 6. The predicted molar refractivity (Wildman–Crippen MR) is 76.5 cm³/mol. The lowest BCUT2D eigenvalue weighted by molar-refractivity contribution is 0.0952. The van der Waals surface area contributed by atoms with Gasteiger partial charge in [-0.2, -0.15) is 0 Å². The third kappa shape index (κ3) is 3.70. The molecule has 0 saturated carbocycles. The molecule has 4 heteroatoms. The highest BCUT2D eigenvalue weighted by atomic mass is 16.2. The highest BCUT2D eigenvalue weighted by Gasteiger charge is 2.16. The van der Waals surface area contributed by atoms with Crippen LogP contribution in [0.1, 0.15) is 41.6 Å². The van der Waals surface area contributed by atoms with E-state index in [2.05, 4.69) is 10.6 Å². The molecule has 0 bridgehead atoms. The smallest absolute Gasteiger partial charge is 0.251 e. The van der Waals surface area contributed by atoms with E-state index in [1.54, 1.807) is 0 Å². The Kier molecular flexibility index (Phi) is 5.21. The van der Waals surface area contributed by atoms with Crippen molar-refractivity contribution in [2.45, 2.75) is 32.1 Å². The molecule has 1 aliphatic heterocycles. The molecule has 0 unspecified atom stereocenters. The Morgan fingerprint density at radius 2 is 2.21 bits per heavy atom. The van der Waals surface area contributed by atoms with Crippen molar-refractivity contribution in [1.82, 2.24) is 5.32 Å². The summed E-state index contributed by atoms with van der Waals surface area (Å²) in [7, 11) is 0. The first kappa shape index (κ1) is 13.9. The molecule has 0 saturated heterocycles. The maximum Gasteiger partial charge on any atom is 0.251 e. The molecular formula is C15H22N2O2. The summed E-state index contributed by atoms with van der Waals surface area (Å²) in [4.78, 5) is 12.2. The summed E-state index contributed by atoms with van der Waals surface area (Å²) in [5, 5.41) is 15.0. The van der Waals surface area contributed by atoms with Crippen LogP contribution in [0.25, 0.3) is 0 Å². The van der Waals surface area contributed by atoms with E-state index in [1.165, 1.54) is 0 Å². The van der Waals surface area contributed by atoms with Gasteiger partial charge in [0.25, 0.3) is 5.91 Å². The van der Waals surface area contributed by atoms with Crippen LogP contribution < -0.4 is 10.6 Å². The van der Waals surface area contributed by atoms with Crippen LogP contribution >= 0.6 is 0 Å². The quantitative estimate of drug-likeness (QED) is 0.687. The van der Waals surface area contributed by atoms with Gasteiger partial charge in [0.2, 0.25) is 0 Å². The largest absolute Gasteiger partial charge is 0.396 e. The molecule has 0 atom stereocenters. The van der Waals surface area contributed by atoms with Gasteiger partial charge in [-0.05, 0) is 49.8 Å². The molecule has 0 spiro atoms. The summed E-state index contributed by atoms with van der Waals surface area (Å²) < 4.78 is 0. The van der Waals surface area contributed by atoms with Gasteiger partial charge in [-0.3, -0.25) is 4.79 Å². The third-order valence-electron chi connectivity index (χ3n) is 3.46. The maximum absolute atomic E-state index is 12.2. The monoisotopic (exact) mass is 262 g/mol. The Balaban J connectivity index is 1.92. The summed E-state index contributed by atoms with van der Waals surface area (Å²) in [6.45, 7) is 1.89. The van der Waals surface area contributed by atoms with E-state index < -0.39 is 0 Å². The lowest BCUT2D eigenvalue weighted by Crippen LogP contribution is -2.27. The first-order valence-corrected chi connectivity index (χ1v) is 7.08. The summed E-state index contributed by atoms with van der Waals surface area (Å²) in [6, 6.07) is 5.86. The number of amides is 1. The predicted octanol–water partition coefficient (Wildman–Crippen LogP) is 1.94. The molecule has 0 aromatic heterocycles. The number of unbranched alkanes of at least 4 members (excludes halogenated alkanes) is 2. The second-order valence-electron chi connectivity index (χ2n) is 4.90. The summed E-state index contributed by atoms with van der Waals surface area (Å²) in [6.07, 6.45) is 4.72. The first-order valence-electron chi connectivity index (χ1n) is 7.08. The molecule has 0 fully saturated rings. The minimum Gasteiger partial charge on any atom is -0.396 e. The SMILES string of the molecule is O=C(NCCCCCO)c1cccc2c1CCCN2. The van der Waals surface area contributed by atoms with E-state index in [1.807, 2.05) is 18.2 Å². The molecule has 1 aromatic carbocycles. The van der Waals surface area contributed by atoms with Crippen molar-refractivity contribution < 1.29 is 9.90 Å². The highest BCUT2D eigenvalue weighted by Crippen LogP contribution is 2.25. The van der Waals surface area contributed by atoms with Crippen LogP contribution in [-0.4, -0.2) is 30.7 Å². The van der Waals surface area contributed by atoms with E-state index in [-0.39, 0.29) is 12.5 Å². The Labute approximate surface area is 114 Å². The topological polar surface area (TPSA) is 61.4 Å². The number of benzene rings is 1. The van der Waals surface area contributed by atoms with Gasteiger partial charge in [0.05, 0.1) is 0 Å². The third-order valence-corrected chi connectivity index (χ3v) is 3.46. The van der Waals surface area contributed by atoms with E-state index in [4.69, 9.17) is 5.11 Å². The van der Waals surface area contributed by atoms with Gasteiger partial charge >= 0.3 is 0 Å². The van der Waals surface area contributed by atoms with Gasteiger partial charge in [0.15, 0.2) is 0 Å². The van der Waals surface area contributed by atoms with Crippen molar-refractivity contribution in [3.8, 4) is 0 Å². The van der Waals surface area contributed by atoms with Gasteiger partial charge in [-0.15, -0.1) is 0 Å². The van der Waals surface area contributed by atoms with E-state index >= 15 is 0 Å². The molecule has 104 valence electrons. The number of hydrogen-bond donors (Lipinski definition) is 3. The van der Waals surface area contributed by atoms with Crippen molar-refractivity contribution in [2.75, 3.05) is 25.0 Å². The average Bonchev–Trinajstić information content (AvgIpc) is 2.46. The summed E-state index contributed by atoms with van der Waals surface area (Å²) in [5.41, 5.74) is 3.03. The summed E-state index contributed by atoms with van der Waals surface area (Å²) in [5.74, 6) is 0.0181. The van der Waals surface area contributed by atoms with Gasteiger partial charge in [0, 0.05) is 30.9 Å². The molecule has 1 amide bonds. The van der Waals surface area contributed by atoms with Crippen LogP contribution in [0.4, 0.5) is 5.69 Å². The fraction of sp³-hybridized carbons (Fsp3) is 0.533. The molecule has 0 radical (unpaired) electrons. The minimum atomic E-state index is 0.0181. The standard InChI is InChI=1S/C15H22N2O2/c18-11-3-1-2-9-17-15(19)13-6-4-8-14-12(13)7-5-10-16-14/h4,6,8,16,18H,1-3,5,7,9-11H2,(H,17,19). The minimum absolute atomic E-state index is 0.0181. The molecule has 2 rings (SSSR count). The van der Waals surface area contributed by atoms with Crippen molar-refractivity contribution in [3.05, 3.63) is 29.3 Å². The first-order chi connectivity index (χ1) is 9.33. The van der Waals surface area contributed by atoms with Crippen molar-refractivity contribution in [1.29, 1.82) is 0 Å². The Hall–Kier alpha value is -1.55. The van der Waals surface area contributed by atoms with Crippen LogP contribution in [-0.2, 0) is 6.42 Å². The number of aliphatic hydroxyl groups is 1. The Morgan fingerprint density at radius 1 is 1.32 bits per heavy atom. The van der Waals surface area contributed by atoms with Gasteiger partial charge < -0.3 is 15.7 Å². The maximum atomic E-state index is 12.2.